The first-order valence-electron chi connectivity index (χ1n) is 10.0. The van der Waals surface area contributed by atoms with Gasteiger partial charge in [0.15, 0.2) is 0 Å². The third-order valence-corrected chi connectivity index (χ3v) is 6.63. The maximum Gasteiger partial charge on any atom is 0.0727 e. The van der Waals surface area contributed by atoms with Gasteiger partial charge in [0, 0.05) is 11.4 Å². The largest absolute Gasteiger partial charge is 0.399 e. The Morgan fingerprint density at radius 2 is 0.828 bits per heavy atom. The zero-order valence-electron chi connectivity index (χ0n) is 16.6. The van der Waals surface area contributed by atoms with Crippen molar-refractivity contribution in [1.82, 2.24) is 0 Å². The summed E-state index contributed by atoms with van der Waals surface area (Å²) in [5.41, 5.74) is 26.6. The van der Waals surface area contributed by atoms with Gasteiger partial charge in [-0.2, -0.15) is 0 Å². The number of hydrogen-bond acceptors (Lipinski definition) is 2. The van der Waals surface area contributed by atoms with E-state index in [0.717, 1.165) is 11.4 Å². The van der Waals surface area contributed by atoms with Crippen molar-refractivity contribution in [1.29, 1.82) is 0 Å². The van der Waals surface area contributed by atoms with Gasteiger partial charge < -0.3 is 11.5 Å². The Morgan fingerprint density at radius 3 is 1.24 bits per heavy atom. The topological polar surface area (TPSA) is 52.0 Å². The van der Waals surface area contributed by atoms with Gasteiger partial charge in [0.25, 0.3) is 0 Å². The maximum absolute atomic E-state index is 6.32. The Kier molecular flexibility index (Phi) is 3.00. The van der Waals surface area contributed by atoms with Crippen LogP contribution in [0.25, 0.3) is 22.3 Å². The molecule has 0 amide bonds. The molecule has 0 saturated carbocycles. The molecule has 140 valence electrons. The lowest BCUT2D eigenvalue weighted by atomic mass is 9.70. The molecule has 0 unspecified atom stereocenters. The second-order valence-corrected chi connectivity index (χ2v) is 8.46. The summed E-state index contributed by atoms with van der Waals surface area (Å²) in [5.74, 6) is 0. The summed E-state index contributed by atoms with van der Waals surface area (Å²) in [6.45, 7) is 4.33. The smallest absolute Gasteiger partial charge is 0.0727 e. The van der Waals surface area contributed by atoms with Crippen LogP contribution in [0.4, 0.5) is 11.4 Å². The van der Waals surface area contributed by atoms with Gasteiger partial charge in [0.05, 0.1) is 5.41 Å². The van der Waals surface area contributed by atoms with Gasteiger partial charge in [0.2, 0.25) is 0 Å². The second kappa shape index (κ2) is 5.30. The molecule has 6 rings (SSSR count). The molecule has 2 nitrogen and oxygen atoms in total. The average Bonchev–Trinajstić information content (AvgIpc) is 3.13. The van der Waals surface area contributed by atoms with Crippen molar-refractivity contribution in [3.05, 3.63) is 106 Å². The van der Waals surface area contributed by atoms with Crippen molar-refractivity contribution in [3.8, 4) is 22.3 Å². The molecule has 4 aromatic carbocycles. The van der Waals surface area contributed by atoms with Crippen LogP contribution in [0.1, 0.15) is 33.4 Å². The fourth-order valence-corrected chi connectivity index (χ4v) is 5.49. The van der Waals surface area contributed by atoms with Gasteiger partial charge in [0.1, 0.15) is 0 Å². The Hall–Kier alpha value is -3.52. The van der Waals surface area contributed by atoms with Crippen LogP contribution < -0.4 is 11.5 Å². The minimum Gasteiger partial charge on any atom is -0.399 e. The number of aryl methyl sites for hydroxylation is 2. The zero-order valence-corrected chi connectivity index (χ0v) is 16.6. The number of nitrogen functional groups attached to an aromatic ring is 2. The van der Waals surface area contributed by atoms with Crippen LogP contribution >= 0.6 is 0 Å². The quantitative estimate of drug-likeness (QED) is 0.330. The molecule has 0 bridgehead atoms. The van der Waals surface area contributed by atoms with Crippen LogP contribution in [0, 0.1) is 13.8 Å². The molecule has 1 spiro atoms. The fraction of sp³-hybridized carbons (Fsp3) is 0.111. The summed E-state index contributed by atoms with van der Waals surface area (Å²) >= 11 is 0. The molecular formula is C27H22N2. The van der Waals surface area contributed by atoms with Crippen LogP contribution in [0.15, 0.2) is 72.8 Å². The third kappa shape index (κ3) is 1.91. The molecule has 0 fully saturated rings. The summed E-state index contributed by atoms with van der Waals surface area (Å²) < 4.78 is 0. The maximum atomic E-state index is 6.32. The molecule has 2 aliphatic rings. The fourth-order valence-electron chi connectivity index (χ4n) is 5.49. The molecule has 4 aromatic rings. The van der Waals surface area contributed by atoms with Crippen molar-refractivity contribution in [2.45, 2.75) is 19.3 Å². The lowest BCUT2D eigenvalue weighted by Gasteiger charge is -2.31. The van der Waals surface area contributed by atoms with Crippen LogP contribution in [0.5, 0.6) is 0 Å². The SMILES string of the molecule is Cc1ccc2c(c1)C1(c3cc(C)ccc3-c3ccc(N)cc31)c1cc(N)ccc1-2. The zero-order chi connectivity index (χ0) is 19.9. The molecule has 4 N–H and O–H groups in total. The first kappa shape index (κ1) is 16.4. The summed E-state index contributed by atoms with van der Waals surface area (Å²) in [5, 5.41) is 0. The highest BCUT2D eigenvalue weighted by Crippen LogP contribution is 2.63. The molecule has 29 heavy (non-hydrogen) atoms. The molecule has 0 aliphatic heterocycles. The molecular weight excluding hydrogens is 352 g/mol. The highest BCUT2D eigenvalue weighted by Gasteiger charge is 2.51. The van der Waals surface area contributed by atoms with Crippen molar-refractivity contribution in [2.24, 2.45) is 0 Å². The lowest BCUT2D eigenvalue weighted by molar-refractivity contribution is 0.792. The molecule has 0 heterocycles. The van der Waals surface area contributed by atoms with Crippen molar-refractivity contribution >= 4 is 11.4 Å². The van der Waals surface area contributed by atoms with Crippen molar-refractivity contribution in [2.75, 3.05) is 11.5 Å². The molecule has 0 radical (unpaired) electrons. The van der Waals surface area contributed by atoms with E-state index in [9.17, 15) is 0 Å². The molecule has 2 aliphatic carbocycles. The normalized spacial score (nSPS) is 14.4. The first-order chi connectivity index (χ1) is 14.0. The first-order valence-corrected chi connectivity index (χ1v) is 10.0. The lowest BCUT2D eigenvalue weighted by Crippen LogP contribution is -2.26. The van der Waals surface area contributed by atoms with E-state index in [1.165, 1.54) is 55.6 Å². The highest BCUT2D eigenvalue weighted by atomic mass is 14.6. The van der Waals surface area contributed by atoms with Gasteiger partial charge in [-0.3, -0.25) is 0 Å². The van der Waals surface area contributed by atoms with E-state index >= 15 is 0 Å². The van der Waals surface area contributed by atoms with Gasteiger partial charge in [-0.05, 0) is 82.6 Å². The second-order valence-electron chi connectivity index (χ2n) is 8.46. The number of benzene rings is 4. The molecule has 0 saturated heterocycles. The number of rotatable bonds is 0. The number of hydrogen-bond donors (Lipinski definition) is 2. The van der Waals surface area contributed by atoms with Crippen LogP contribution in [0.3, 0.4) is 0 Å². The number of fused-ring (bicyclic) bond motifs is 10. The molecule has 0 aromatic heterocycles. The summed E-state index contributed by atoms with van der Waals surface area (Å²) in [7, 11) is 0. The number of anilines is 2. The highest BCUT2D eigenvalue weighted by molar-refractivity contribution is 5.96. The minimum atomic E-state index is -0.377. The van der Waals surface area contributed by atoms with E-state index < -0.39 is 0 Å². The standard InChI is InChI=1S/C27H22N2/c1-15-3-7-19-21-9-5-17(28)13-25(21)27(23(19)11-15)24-12-16(2)4-8-20(24)22-10-6-18(29)14-26(22)27/h3-14H,28-29H2,1-2H3. The van der Waals surface area contributed by atoms with Crippen molar-refractivity contribution in [3.63, 3.8) is 0 Å². The van der Waals surface area contributed by atoms with Gasteiger partial charge in [-0.15, -0.1) is 0 Å². The third-order valence-electron chi connectivity index (χ3n) is 6.63. The van der Waals surface area contributed by atoms with E-state index in [-0.39, 0.29) is 5.41 Å². The van der Waals surface area contributed by atoms with E-state index in [4.69, 9.17) is 11.5 Å². The van der Waals surface area contributed by atoms with E-state index in [2.05, 4.69) is 74.5 Å². The van der Waals surface area contributed by atoms with E-state index in [1.54, 1.807) is 0 Å². The van der Waals surface area contributed by atoms with Gasteiger partial charge in [-0.1, -0.05) is 59.7 Å². The van der Waals surface area contributed by atoms with Crippen LogP contribution in [-0.4, -0.2) is 0 Å². The number of nitrogens with two attached hydrogens (primary N) is 2. The van der Waals surface area contributed by atoms with Gasteiger partial charge in [-0.25, -0.2) is 0 Å². The summed E-state index contributed by atoms with van der Waals surface area (Å²) in [6.07, 6.45) is 0. The summed E-state index contributed by atoms with van der Waals surface area (Å²) in [4.78, 5) is 0. The predicted octanol–water partition coefficient (Wildman–Crippen LogP) is 5.81. The van der Waals surface area contributed by atoms with Crippen LogP contribution in [0.2, 0.25) is 0 Å². The van der Waals surface area contributed by atoms with E-state index in [1.807, 2.05) is 12.1 Å². The Bertz CT molecular complexity index is 1140. The Labute approximate surface area is 170 Å². The monoisotopic (exact) mass is 374 g/mol. The molecule has 2 heteroatoms. The predicted molar refractivity (Wildman–Crippen MR) is 121 cm³/mol. The minimum absolute atomic E-state index is 0.377. The molecule has 0 atom stereocenters. The van der Waals surface area contributed by atoms with Gasteiger partial charge >= 0.3 is 0 Å². The Balaban J connectivity index is 1.88. The van der Waals surface area contributed by atoms with E-state index in [0.29, 0.717) is 0 Å². The van der Waals surface area contributed by atoms with Crippen molar-refractivity contribution < 1.29 is 0 Å². The average molecular weight is 374 g/mol. The Morgan fingerprint density at radius 1 is 0.483 bits per heavy atom. The van der Waals surface area contributed by atoms with Crippen LogP contribution in [-0.2, 0) is 5.41 Å². The summed E-state index contributed by atoms with van der Waals surface area (Å²) in [6, 6.07) is 26.3.